The number of nitriles is 1. The van der Waals surface area contributed by atoms with Gasteiger partial charge in [-0.25, -0.2) is 4.39 Å². The lowest BCUT2D eigenvalue weighted by atomic mass is 10.0. The van der Waals surface area contributed by atoms with Crippen LogP contribution in [0, 0.1) is 17.1 Å². The van der Waals surface area contributed by atoms with Gasteiger partial charge in [0.1, 0.15) is 5.82 Å². The molecule has 0 saturated carbocycles. The number of benzene rings is 2. The van der Waals surface area contributed by atoms with Crippen molar-refractivity contribution in [3.8, 4) is 6.07 Å². The molecule has 2 aromatic carbocycles. The summed E-state index contributed by atoms with van der Waals surface area (Å²) in [6.45, 7) is 1.37. The first kappa shape index (κ1) is 21.6. The lowest BCUT2D eigenvalue weighted by Gasteiger charge is -2.38. The number of hydrogen-bond acceptors (Lipinski definition) is 4. The molecular weight excluding hydrogens is 407 g/mol. The quantitative estimate of drug-likeness (QED) is 0.668. The first-order chi connectivity index (χ1) is 15.5. The minimum atomic E-state index is -0.541. The maximum Gasteiger partial charge on any atom is 0.258 e. The summed E-state index contributed by atoms with van der Waals surface area (Å²) in [5, 5.41) is 9.55. The Balaban J connectivity index is 1.32. The molecule has 0 atom stereocenters. The van der Waals surface area contributed by atoms with Crippen molar-refractivity contribution in [2.45, 2.75) is 31.7 Å². The molecule has 4 rings (SSSR count). The number of H-pyrrole nitrogens is 1. The van der Waals surface area contributed by atoms with Crippen LogP contribution in [-0.4, -0.2) is 42.0 Å². The second kappa shape index (κ2) is 9.23. The number of amides is 1. The van der Waals surface area contributed by atoms with Gasteiger partial charge in [-0.15, -0.1) is 0 Å². The van der Waals surface area contributed by atoms with Crippen LogP contribution in [0.15, 0.2) is 53.3 Å². The molecule has 6 nitrogen and oxygen atoms in total. The molecule has 2 heterocycles. The molecular formula is C25H25FN4O2. The molecule has 1 fully saturated rings. The molecule has 0 unspecified atom stereocenters. The van der Waals surface area contributed by atoms with Gasteiger partial charge in [0.15, 0.2) is 0 Å². The summed E-state index contributed by atoms with van der Waals surface area (Å²) in [6.07, 6.45) is 2.45. The monoisotopic (exact) mass is 432 g/mol. The molecule has 1 saturated heterocycles. The third kappa shape index (κ3) is 4.50. The Bertz CT molecular complexity index is 1220. The highest BCUT2D eigenvalue weighted by Crippen LogP contribution is 2.23. The Morgan fingerprint density at radius 2 is 1.94 bits per heavy atom. The fraction of sp³-hybridized carbons (Fsp3) is 0.320. The number of pyridine rings is 1. The normalized spacial score (nSPS) is 14.3. The van der Waals surface area contributed by atoms with Crippen molar-refractivity contribution >= 4 is 22.4 Å². The van der Waals surface area contributed by atoms with E-state index in [0.717, 1.165) is 18.5 Å². The Morgan fingerprint density at radius 1 is 1.22 bits per heavy atom. The van der Waals surface area contributed by atoms with Crippen LogP contribution in [0.25, 0.3) is 10.8 Å². The number of piperidine rings is 1. The molecule has 0 spiro atoms. The second-order valence-electron chi connectivity index (χ2n) is 8.21. The Morgan fingerprint density at radius 3 is 2.62 bits per heavy atom. The Kier molecular flexibility index (Phi) is 6.22. The van der Waals surface area contributed by atoms with Gasteiger partial charge in [0.2, 0.25) is 5.91 Å². The molecule has 32 heavy (non-hydrogen) atoms. The second-order valence-corrected chi connectivity index (χ2v) is 8.21. The highest BCUT2D eigenvalue weighted by molar-refractivity contribution is 5.82. The highest BCUT2D eigenvalue weighted by atomic mass is 19.1. The van der Waals surface area contributed by atoms with Gasteiger partial charge < -0.3 is 14.8 Å². The predicted octanol–water partition coefficient (Wildman–Crippen LogP) is 3.60. The zero-order chi connectivity index (χ0) is 22.7. The summed E-state index contributed by atoms with van der Waals surface area (Å²) < 4.78 is 13.9. The van der Waals surface area contributed by atoms with Crippen molar-refractivity contribution in [2.75, 3.05) is 25.0 Å². The number of carbonyl (C=O) groups excluding carboxylic acids is 1. The number of rotatable bonds is 5. The van der Waals surface area contributed by atoms with E-state index >= 15 is 0 Å². The predicted molar refractivity (Wildman–Crippen MR) is 122 cm³/mol. The Hall–Kier alpha value is -3.66. The minimum absolute atomic E-state index is 0.0519. The zero-order valence-electron chi connectivity index (χ0n) is 18.0. The number of nitrogens with zero attached hydrogens (tertiary/aromatic N) is 3. The summed E-state index contributed by atoms with van der Waals surface area (Å²) in [5.41, 5.74) is 1.87. The average molecular weight is 432 g/mol. The number of aromatic amines is 1. The molecule has 1 amide bonds. The summed E-state index contributed by atoms with van der Waals surface area (Å²) in [6, 6.07) is 16.3. The van der Waals surface area contributed by atoms with Crippen LogP contribution in [0.5, 0.6) is 0 Å². The van der Waals surface area contributed by atoms with E-state index in [1.807, 2.05) is 36.2 Å². The van der Waals surface area contributed by atoms with Gasteiger partial charge in [0.05, 0.1) is 17.0 Å². The summed E-state index contributed by atoms with van der Waals surface area (Å²) >= 11 is 0. The summed E-state index contributed by atoms with van der Waals surface area (Å²) in [5.74, 6) is -0.482. The van der Waals surface area contributed by atoms with Crippen molar-refractivity contribution in [3.63, 3.8) is 0 Å². The maximum absolute atomic E-state index is 13.9. The van der Waals surface area contributed by atoms with Gasteiger partial charge in [-0.2, -0.15) is 5.26 Å². The number of aryl methyl sites for hydroxylation is 1. The molecule has 1 aromatic heterocycles. The lowest BCUT2D eigenvalue weighted by molar-refractivity contribution is -0.132. The van der Waals surface area contributed by atoms with E-state index < -0.39 is 11.4 Å². The van der Waals surface area contributed by atoms with Crippen molar-refractivity contribution < 1.29 is 9.18 Å². The maximum atomic E-state index is 13.9. The lowest BCUT2D eigenvalue weighted by Crippen LogP contribution is -2.45. The Labute approximate surface area is 185 Å². The number of aromatic nitrogens is 1. The van der Waals surface area contributed by atoms with Crippen LogP contribution >= 0.6 is 0 Å². The third-order valence-corrected chi connectivity index (χ3v) is 6.25. The van der Waals surface area contributed by atoms with Crippen LogP contribution in [0.1, 0.15) is 30.5 Å². The average Bonchev–Trinajstić information content (AvgIpc) is 2.82. The van der Waals surface area contributed by atoms with Crippen molar-refractivity contribution in [2.24, 2.45) is 0 Å². The summed E-state index contributed by atoms with van der Waals surface area (Å²) in [7, 11) is 2.04. The number of carbonyl (C=O) groups is 1. The molecule has 1 aliphatic heterocycles. The van der Waals surface area contributed by atoms with E-state index in [0.29, 0.717) is 48.6 Å². The molecule has 0 aliphatic carbocycles. The number of fused-ring (bicyclic) bond motifs is 1. The molecule has 0 radical (unpaired) electrons. The van der Waals surface area contributed by atoms with E-state index in [-0.39, 0.29) is 11.3 Å². The first-order valence-electron chi connectivity index (χ1n) is 10.8. The van der Waals surface area contributed by atoms with Crippen molar-refractivity contribution in [1.82, 2.24) is 9.88 Å². The zero-order valence-corrected chi connectivity index (χ0v) is 18.0. The van der Waals surface area contributed by atoms with E-state index in [2.05, 4.69) is 16.0 Å². The molecule has 3 aromatic rings. The third-order valence-electron chi connectivity index (χ3n) is 6.25. The standard InChI is InChI=1S/C25H25FN4O2/c1-29(20-8-5-17(16-27)6-9-20)21-11-13-30(14-12-21)23(31)10-7-19-15-18-3-2-4-22(26)24(18)25(32)28-19/h2-6,8-9,15,21H,7,10-14H2,1H3,(H,28,32). The molecule has 1 aliphatic rings. The molecule has 0 bridgehead atoms. The van der Waals surface area contributed by atoms with Crippen LogP contribution in [0.3, 0.4) is 0 Å². The number of anilines is 1. The summed E-state index contributed by atoms with van der Waals surface area (Å²) in [4.78, 5) is 31.7. The molecule has 7 heteroatoms. The highest BCUT2D eigenvalue weighted by Gasteiger charge is 2.25. The van der Waals surface area contributed by atoms with E-state index in [4.69, 9.17) is 5.26 Å². The smallest absolute Gasteiger partial charge is 0.258 e. The van der Waals surface area contributed by atoms with Gasteiger partial charge in [-0.05, 0) is 61.0 Å². The van der Waals surface area contributed by atoms with E-state index in [1.165, 1.54) is 6.07 Å². The molecule has 164 valence electrons. The minimum Gasteiger partial charge on any atom is -0.371 e. The number of likely N-dealkylation sites (tertiary alicyclic amines) is 1. The number of nitrogens with one attached hydrogen (secondary N) is 1. The van der Waals surface area contributed by atoms with Crippen molar-refractivity contribution in [3.05, 3.63) is 76.0 Å². The van der Waals surface area contributed by atoms with Crippen molar-refractivity contribution in [1.29, 1.82) is 5.26 Å². The van der Waals surface area contributed by atoms with Gasteiger partial charge in [-0.1, -0.05) is 12.1 Å². The van der Waals surface area contributed by atoms with Crippen LogP contribution in [0.4, 0.5) is 10.1 Å². The first-order valence-corrected chi connectivity index (χ1v) is 10.8. The van der Waals surface area contributed by atoms with Gasteiger partial charge in [0, 0.05) is 44.0 Å². The van der Waals surface area contributed by atoms with Gasteiger partial charge >= 0.3 is 0 Å². The molecule has 1 N–H and O–H groups in total. The topological polar surface area (TPSA) is 80.2 Å². The largest absolute Gasteiger partial charge is 0.371 e. The number of halogens is 1. The number of hydrogen-bond donors (Lipinski definition) is 1. The van der Waals surface area contributed by atoms with Gasteiger partial charge in [-0.3, -0.25) is 9.59 Å². The van der Waals surface area contributed by atoms with Crippen LogP contribution in [-0.2, 0) is 11.2 Å². The van der Waals surface area contributed by atoms with Crippen LogP contribution in [0.2, 0.25) is 0 Å². The van der Waals surface area contributed by atoms with E-state index in [9.17, 15) is 14.0 Å². The van der Waals surface area contributed by atoms with Gasteiger partial charge in [0.25, 0.3) is 5.56 Å². The van der Waals surface area contributed by atoms with Crippen LogP contribution < -0.4 is 10.5 Å². The fourth-order valence-corrected chi connectivity index (χ4v) is 4.35. The SMILES string of the molecule is CN(c1ccc(C#N)cc1)C1CCN(C(=O)CCc2cc3cccc(F)c3c(=O)[nH]2)CC1. The van der Waals surface area contributed by atoms with E-state index in [1.54, 1.807) is 18.2 Å². The fourth-order valence-electron chi connectivity index (χ4n) is 4.35.